The number of thiophene rings is 1. The Balaban J connectivity index is 1.80. The summed E-state index contributed by atoms with van der Waals surface area (Å²) in [6, 6.07) is 4.21. The number of rotatable bonds is 4. The number of carbonyl (C=O) groups excluding carboxylic acids is 1. The molecule has 1 aromatic rings. The maximum absolute atomic E-state index is 11.7. The van der Waals surface area contributed by atoms with Crippen molar-refractivity contribution in [3.8, 4) is 0 Å². The summed E-state index contributed by atoms with van der Waals surface area (Å²) in [6.45, 7) is 3.49. The van der Waals surface area contributed by atoms with E-state index in [1.165, 1.54) is 9.75 Å². The van der Waals surface area contributed by atoms with E-state index in [0.29, 0.717) is 6.54 Å². The predicted molar refractivity (Wildman–Crippen MR) is 64.5 cm³/mol. The van der Waals surface area contributed by atoms with Gasteiger partial charge in [0.1, 0.15) is 6.10 Å². The normalized spacial score (nSPS) is 19.9. The van der Waals surface area contributed by atoms with E-state index in [1.54, 1.807) is 11.3 Å². The highest BCUT2D eigenvalue weighted by molar-refractivity contribution is 7.11. The first-order valence-corrected chi connectivity index (χ1v) is 6.58. The average molecular weight is 239 g/mol. The number of nitrogens with one attached hydrogen (secondary N) is 1. The van der Waals surface area contributed by atoms with E-state index in [-0.39, 0.29) is 12.0 Å². The molecule has 0 radical (unpaired) electrons. The molecule has 1 aliphatic heterocycles. The van der Waals surface area contributed by atoms with E-state index in [1.807, 2.05) is 0 Å². The van der Waals surface area contributed by atoms with Crippen LogP contribution in [0.25, 0.3) is 0 Å². The number of hydrogen-bond acceptors (Lipinski definition) is 3. The molecular weight excluding hydrogens is 222 g/mol. The Morgan fingerprint density at radius 3 is 3.00 bits per heavy atom. The number of carbonyl (C=O) groups is 1. The van der Waals surface area contributed by atoms with Crippen molar-refractivity contribution in [3.63, 3.8) is 0 Å². The van der Waals surface area contributed by atoms with E-state index in [0.717, 1.165) is 25.9 Å². The van der Waals surface area contributed by atoms with Crippen LogP contribution < -0.4 is 5.32 Å². The molecule has 1 aromatic heterocycles. The fraction of sp³-hybridized carbons (Fsp3) is 0.583. The fourth-order valence-electron chi connectivity index (χ4n) is 1.78. The quantitative estimate of drug-likeness (QED) is 0.874. The summed E-state index contributed by atoms with van der Waals surface area (Å²) < 4.78 is 5.32. The summed E-state index contributed by atoms with van der Waals surface area (Å²) in [4.78, 5) is 14.2. The van der Waals surface area contributed by atoms with Crippen molar-refractivity contribution in [2.75, 3.05) is 6.61 Å². The van der Waals surface area contributed by atoms with Gasteiger partial charge in [-0.05, 0) is 31.4 Å². The van der Waals surface area contributed by atoms with Crippen LogP contribution in [-0.2, 0) is 22.5 Å². The Kier molecular flexibility index (Phi) is 3.96. The van der Waals surface area contributed by atoms with Crippen LogP contribution in [0.2, 0.25) is 0 Å². The van der Waals surface area contributed by atoms with Gasteiger partial charge in [-0.3, -0.25) is 4.79 Å². The van der Waals surface area contributed by atoms with Crippen molar-refractivity contribution in [1.82, 2.24) is 5.32 Å². The molecule has 2 heterocycles. The van der Waals surface area contributed by atoms with Gasteiger partial charge in [0.25, 0.3) is 0 Å². The first-order valence-electron chi connectivity index (χ1n) is 5.76. The third-order valence-electron chi connectivity index (χ3n) is 2.72. The smallest absolute Gasteiger partial charge is 0.249 e. The SMILES string of the molecule is CCc1ccc(CNC(=O)C2CCCO2)s1. The summed E-state index contributed by atoms with van der Waals surface area (Å²) >= 11 is 1.76. The summed E-state index contributed by atoms with van der Waals surface area (Å²) in [5.41, 5.74) is 0. The molecule has 1 aliphatic rings. The molecule has 1 saturated heterocycles. The number of hydrogen-bond donors (Lipinski definition) is 1. The lowest BCUT2D eigenvalue weighted by Gasteiger charge is -2.09. The minimum atomic E-state index is -0.217. The first-order chi connectivity index (χ1) is 7.79. The lowest BCUT2D eigenvalue weighted by Crippen LogP contribution is -2.33. The molecule has 0 spiro atoms. The summed E-state index contributed by atoms with van der Waals surface area (Å²) in [5.74, 6) is 0.0314. The molecule has 4 heteroatoms. The van der Waals surface area contributed by atoms with Gasteiger partial charge in [0, 0.05) is 16.4 Å². The second-order valence-electron chi connectivity index (χ2n) is 3.94. The van der Waals surface area contributed by atoms with Crippen LogP contribution in [0.1, 0.15) is 29.5 Å². The largest absolute Gasteiger partial charge is 0.368 e. The van der Waals surface area contributed by atoms with Gasteiger partial charge in [-0.2, -0.15) is 0 Å². The maximum atomic E-state index is 11.7. The molecule has 0 bridgehead atoms. The van der Waals surface area contributed by atoms with Gasteiger partial charge in [0.15, 0.2) is 0 Å². The number of amides is 1. The molecule has 0 saturated carbocycles. The van der Waals surface area contributed by atoms with Gasteiger partial charge in [-0.15, -0.1) is 11.3 Å². The highest BCUT2D eigenvalue weighted by atomic mass is 32.1. The fourth-order valence-corrected chi connectivity index (χ4v) is 2.68. The van der Waals surface area contributed by atoms with Crippen LogP contribution >= 0.6 is 11.3 Å². The van der Waals surface area contributed by atoms with Crippen molar-refractivity contribution in [2.24, 2.45) is 0 Å². The van der Waals surface area contributed by atoms with E-state index in [2.05, 4.69) is 24.4 Å². The molecule has 16 heavy (non-hydrogen) atoms. The zero-order valence-corrected chi connectivity index (χ0v) is 10.3. The van der Waals surface area contributed by atoms with Gasteiger partial charge < -0.3 is 10.1 Å². The predicted octanol–water partition coefficient (Wildman–Crippen LogP) is 2.11. The van der Waals surface area contributed by atoms with E-state index in [9.17, 15) is 4.79 Å². The van der Waals surface area contributed by atoms with Crippen molar-refractivity contribution in [1.29, 1.82) is 0 Å². The molecule has 3 nitrogen and oxygen atoms in total. The first kappa shape index (κ1) is 11.6. The molecule has 1 fully saturated rings. The Morgan fingerprint density at radius 2 is 2.38 bits per heavy atom. The van der Waals surface area contributed by atoms with Gasteiger partial charge in [-0.1, -0.05) is 6.92 Å². The number of ether oxygens (including phenoxy) is 1. The standard InChI is InChI=1S/C12H17NO2S/c1-2-9-5-6-10(16-9)8-13-12(14)11-4-3-7-15-11/h5-6,11H,2-4,7-8H2,1H3,(H,13,14). The van der Waals surface area contributed by atoms with Crippen LogP contribution in [-0.4, -0.2) is 18.6 Å². The van der Waals surface area contributed by atoms with Crippen LogP contribution in [0.4, 0.5) is 0 Å². The second kappa shape index (κ2) is 5.46. The topological polar surface area (TPSA) is 38.3 Å². The van der Waals surface area contributed by atoms with E-state index in [4.69, 9.17) is 4.74 Å². The molecule has 1 N–H and O–H groups in total. The minimum absolute atomic E-state index is 0.0314. The second-order valence-corrected chi connectivity index (χ2v) is 5.19. The Bertz CT molecular complexity index is 356. The van der Waals surface area contributed by atoms with Crippen LogP contribution in [0, 0.1) is 0 Å². The maximum Gasteiger partial charge on any atom is 0.249 e. The van der Waals surface area contributed by atoms with Crippen LogP contribution in [0.5, 0.6) is 0 Å². The Morgan fingerprint density at radius 1 is 1.56 bits per heavy atom. The highest BCUT2D eigenvalue weighted by Gasteiger charge is 2.22. The third-order valence-corrected chi connectivity index (χ3v) is 3.95. The lowest BCUT2D eigenvalue weighted by atomic mass is 10.2. The van der Waals surface area contributed by atoms with Gasteiger partial charge in [-0.25, -0.2) is 0 Å². The zero-order chi connectivity index (χ0) is 11.4. The molecule has 0 aliphatic carbocycles. The molecule has 88 valence electrons. The zero-order valence-electron chi connectivity index (χ0n) is 9.49. The van der Waals surface area contributed by atoms with Gasteiger partial charge in [0.05, 0.1) is 6.54 Å². The van der Waals surface area contributed by atoms with Crippen LogP contribution in [0.15, 0.2) is 12.1 Å². The van der Waals surface area contributed by atoms with Crippen molar-refractivity contribution < 1.29 is 9.53 Å². The van der Waals surface area contributed by atoms with E-state index < -0.39 is 0 Å². The van der Waals surface area contributed by atoms with Crippen molar-refractivity contribution >= 4 is 17.2 Å². The number of aryl methyl sites for hydroxylation is 1. The monoisotopic (exact) mass is 239 g/mol. The Labute approximate surface area is 99.8 Å². The molecule has 1 atom stereocenters. The van der Waals surface area contributed by atoms with Crippen LogP contribution in [0.3, 0.4) is 0 Å². The summed E-state index contributed by atoms with van der Waals surface area (Å²) in [7, 11) is 0. The van der Waals surface area contributed by atoms with Crippen molar-refractivity contribution in [3.05, 3.63) is 21.9 Å². The highest BCUT2D eigenvalue weighted by Crippen LogP contribution is 2.17. The third kappa shape index (κ3) is 2.83. The Hall–Kier alpha value is -0.870. The minimum Gasteiger partial charge on any atom is -0.368 e. The molecule has 1 unspecified atom stereocenters. The molecule has 1 amide bonds. The summed E-state index contributed by atoms with van der Waals surface area (Å²) in [6.07, 6.45) is 2.70. The molecular formula is C12H17NO2S. The van der Waals surface area contributed by atoms with Gasteiger partial charge in [0.2, 0.25) is 5.91 Å². The lowest BCUT2D eigenvalue weighted by molar-refractivity contribution is -0.130. The van der Waals surface area contributed by atoms with Crippen molar-refractivity contribution in [2.45, 2.75) is 38.8 Å². The molecule has 0 aromatic carbocycles. The summed E-state index contributed by atoms with van der Waals surface area (Å²) in [5, 5.41) is 2.92. The van der Waals surface area contributed by atoms with Gasteiger partial charge >= 0.3 is 0 Å². The average Bonchev–Trinajstić information content (AvgIpc) is 2.96. The molecule has 2 rings (SSSR count). The van der Waals surface area contributed by atoms with E-state index >= 15 is 0 Å².